The van der Waals surface area contributed by atoms with Crippen LogP contribution in [0.1, 0.15) is 30.1 Å². The number of hydrogen-bond donors (Lipinski definition) is 1. The number of imide groups is 2. The van der Waals surface area contributed by atoms with E-state index < -0.39 is 48.0 Å². The van der Waals surface area contributed by atoms with E-state index in [2.05, 4.69) is 0 Å². The lowest BCUT2D eigenvalue weighted by Crippen LogP contribution is -2.57. The van der Waals surface area contributed by atoms with E-state index in [1.54, 1.807) is 6.92 Å². The van der Waals surface area contributed by atoms with E-state index in [4.69, 9.17) is 33.0 Å². The Hall–Kier alpha value is -2.65. The fourth-order valence-electron chi connectivity index (χ4n) is 3.12. The van der Waals surface area contributed by atoms with Crippen molar-refractivity contribution in [2.75, 3.05) is 20.7 Å². The van der Waals surface area contributed by atoms with Crippen molar-refractivity contribution in [3.8, 4) is 5.75 Å². The first kappa shape index (κ1) is 23.6. The SMILES string of the molecule is CCC(CC1C(=O)N(C)C(=O)N(C)C1=O)C(=O)c1ccc(OCC(=O)O)c(Cl)c1Cl. The summed E-state index contributed by atoms with van der Waals surface area (Å²) in [7, 11) is 2.55. The molecule has 0 saturated carbocycles. The van der Waals surface area contributed by atoms with Crippen molar-refractivity contribution < 1.29 is 33.8 Å². The van der Waals surface area contributed by atoms with Gasteiger partial charge in [0.25, 0.3) is 0 Å². The topological polar surface area (TPSA) is 121 Å². The Morgan fingerprint density at radius 3 is 2.17 bits per heavy atom. The minimum atomic E-state index is -1.20. The molecule has 1 aromatic rings. The summed E-state index contributed by atoms with van der Waals surface area (Å²) in [5, 5.41) is 8.46. The number of rotatable bonds is 8. The van der Waals surface area contributed by atoms with Crippen LogP contribution in [0.2, 0.25) is 10.0 Å². The van der Waals surface area contributed by atoms with Crippen LogP contribution in [0.15, 0.2) is 12.1 Å². The molecule has 30 heavy (non-hydrogen) atoms. The normalized spacial score (nSPS) is 16.1. The van der Waals surface area contributed by atoms with Gasteiger partial charge in [-0.3, -0.25) is 24.2 Å². The van der Waals surface area contributed by atoms with E-state index in [-0.39, 0.29) is 27.8 Å². The number of barbiturate groups is 1. The van der Waals surface area contributed by atoms with E-state index in [1.807, 2.05) is 0 Å². The standard InChI is InChI=1S/C19H20Cl2N2O7/c1-4-9(7-11-17(27)22(2)19(29)23(3)18(11)28)16(26)10-5-6-12(15(21)14(10)20)30-8-13(24)25/h5-6,9,11H,4,7-8H2,1-3H3,(H,24,25). The number of carbonyl (C=O) groups is 5. The molecule has 0 aromatic heterocycles. The van der Waals surface area contributed by atoms with E-state index in [0.29, 0.717) is 6.42 Å². The third-order valence-corrected chi connectivity index (χ3v) is 5.74. The molecule has 0 bridgehead atoms. The average molecular weight is 459 g/mol. The molecule has 2 rings (SSSR count). The Morgan fingerprint density at radius 2 is 1.67 bits per heavy atom. The van der Waals surface area contributed by atoms with Gasteiger partial charge in [-0.15, -0.1) is 0 Å². The fraction of sp³-hybridized carbons (Fsp3) is 0.421. The molecule has 1 N–H and O–H groups in total. The molecule has 162 valence electrons. The van der Waals surface area contributed by atoms with E-state index in [9.17, 15) is 24.0 Å². The summed E-state index contributed by atoms with van der Waals surface area (Å²) in [5.41, 5.74) is 0.0599. The molecule has 1 aliphatic heterocycles. The van der Waals surface area contributed by atoms with Crippen molar-refractivity contribution in [3.05, 3.63) is 27.7 Å². The summed E-state index contributed by atoms with van der Waals surface area (Å²) >= 11 is 12.3. The Balaban J connectivity index is 2.27. The lowest BCUT2D eigenvalue weighted by molar-refractivity contribution is -0.148. The van der Waals surface area contributed by atoms with Crippen LogP contribution in [-0.2, 0) is 14.4 Å². The third kappa shape index (κ3) is 4.57. The Labute approximate surface area is 182 Å². The number of ether oxygens (including phenoxy) is 1. The second kappa shape index (κ2) is 9.44. The lowest BCUT2D eigenvalue weighted by Gasteiger charge is -2.34. The summed E-state index contributed by atoms with van der Waals surface area (Å²) in [6.07, 6.45) is 0.211. The average Bonchev–Trinajstić information content (AvgIpc) is 2.71. The van der Waals surface area contributed by atoms with Gasteiger partial charge in [-0.1, -0.05) is 30.1 Å². The quantitative estimate of drug-likeness (QED) is 0.469. The zero-order valence-corrected chi connectivity index (χ0v) is 18.0. The minimum absolute atomic E-state index is 0.00747. The minimum Gasteiger partial charge on any atom is -0.480 e. The van der Waals surface area contributed by atoms with Crippen LogP contribution < -0.4 is 4.74 Å². The lowest BCUT2D eigenvalue weighted by atomic mass is 9.84. The molecular formula is C19H20Cl2N2O7. The first-order chi connectivity index (χ1) is 14.0. The molecule has 1 unspecified atom stereocenters. The van der Waals surface area contributed by atoms with Gasteiger partial charge in [-0.05, 0) is 25.0 Å². The first-order valence-electron chi connectivity index (χ1n) is 8.97. The van der Waals surface area contributed by atoms with Crippen LogP contribution in [0.25, 0.3) is 0 Å². The zero-order valence-electron chi connectivity index (χ0n) is 16.5. The van der Waals surface area contributed by atoms with Crippen LogP contribution >= 0.6 is 23.2 Å². The summed E-state index contributed by atoms with van der Waals surface area (Å²) in [4.78, 5) is 62.1. The predicted molar refractivity (Wildman–Crippen MR) is 107 cm³/mol. The number of halogens is 2. The summed E-state index contributed by atoms with van der Waals surface area (Å²) in [5.74, 6) is -4.88. The second-order valence-corrected chi connectivity index (χ2v) is 7.51. The number of urea groups is 1. The molecule has 0 radical (unpaired) electrons. The highest BCUT2D eigenvalue weighted by Crippen LogP contribution is 2.37. The molecule has 0 aliphatic carbocycles. The molecule has 1 fully saturated rings. The number of carboxylic acids is 1. The Kier molecular flexibility index (Phi) is 7.44. The number of aliphatic carboxylic acids is 1. The van der Waals surface area contributed by atoms with E-state index in [0.717, 1.165) is 9.80 Å². The molecule has 0 spiro atoms. The molecule has 1 aliphatic rings. The number of nitrogens with zero attached hydrogens (tertiary/aromatic N) is 2. The van der Waals surface area contributed by atoms with Gasteiger partial charge < -0.3 is 9.84 Å². The predicted octanol–water partition coefficient (Wildman–Crippen LogP) is 2.72. The zero-order chi connectivity index (χ0) is 22.7. The number of amides is 4. The number of carboxylic acid groups (broad SMARTS) is 1. The largest absolute Gasteiger partial charge is 0.480 e. The number of benzene rings is 1. The summed E-state index contributed by atoms with van der Waals surface area (Å²) in [6.45, 7) is 1.09. The van der Waals surface area contributed by atoms with Crippen LogP contribution in [0.3, 0.4) is 0 Å². The van der Waals surface area contributed by atoms with Gasteiger partial charge in [0.15, 0.2) is 12.4 Å². The maximum absolute atomic E-state index is 13.0. The van der Waals surface area contributed by atoms with Gasteiger partial charge in [-0.25, -0.2) is 9.59 Å². The van der Waals surface area contributed by atoms with Crippen LogP contribution in [0.5, 0.6) is 5.75 Å². The van der Waals surface area contributed by atoms with Gasteiger partial charge >= 0.3 is 12.0 Å². The molecule has 11 heteroatoms. The molecule has 4 amide bonds. The van der Waals surface area contributed by atoms with Crippen molar-refractivity contribution in [2.24, 2.45) is 11.8 Å². The highest BCUT2D eigenvalue weighted by Gasteiger charge is 2.44. The molecule has 1 heterocycles. The molecule has 1 aromatic carbocycles. The smallest absolute Gasteiger partial charge is 0.341 e. The molecular weight excluding hydrogens is 439 g/mol. The van der Waals surface area contributed by atoms with Crippen molar-refractivity contribution in [2.45, 2.75) is 19.8 Å². The molecule has 9 nitrogen and oxygen atoms in total. The number of hydrogen-bond acceptors (Lipinski definition) is 6. The molecule has 1 saturated heterocycles. The number of Topliss-reactive ketones (excluding diaryl/α,β-unsaturated/α-hetero) is 1. The second-order valence-electron chi connectivity index (χ2n) is 6.76. The van der Waals surface area contributed by atoms with Crippen molar-refractivity contribution >= 4 is 52.8 Å². The monoisotopic (exact) mass is 458 g/mol. The number of carbonyl (C=O) groups excluding carboxylic acids is 4. The number of ketones is 1. The van der Waals surface area contributed by atoms with Crippen molar-refractivity contribution in [1.82, 2.24) is 9.80 Å². The highest BCUT2D eigenvalue weighted by molar-refractivity contribution is 6.44. The molecule has 1 atom stereocenters. The highest BCUT2D eigenvalue weighted by atomic mass is 35.5. The van der Waals surface area contributed by atoms with Gasteiger partial charge in [0.2, 0.25) is 11.8 Å². The van der Waals surface area contributed by atoms with Gasteiger partial charge in [0.05, 0.1) is 5.02 Å². The Morgan fingerprint density at radius 1 is 1.10 bits per heavy atom. The van der Waals surface area contributed by atoms with Crippen molar-refractivity contribution in [3.63, 3.8) is 0 Å². The summed E-state index contributed by atoms with van der Waals surface area (Å²) < 4.78 is 5.02. The fourth-order valence-corrected chi connectivity index (χ4v) is 3.59. The maximum atomic E-state index is 13.0. The summed E-state index contributed by atoms with van der Waals surface area (Å²) in [6, 6.07) is 1.95. The third-order valence-electron chi connectivity index (χ3n) is 4.88. The van der Waals surface area contributed by atoms with Crippen LogP contribution in [0, 0.1) is 11.8 Å². The van der Waals surface area contributed by atoms with Gasteiger partial charge in [0.1, 0.15) is 16.7 Å². The van der Waals surface area contributed by atoms with Crippen molar-refractivity contribution in [1.29, 1.82) is 0 Å². The van der Waals surface area contributed by atoms with Crippen LogP contribution in [-0.4, -0.2) is 65.2 Å². The van der Waals surface area contributed by atoms with Gasteiger partial charge in [0, 0.05) is 25.6 Å². The Bertz CT molecular complexity index is 894. The van der Waals surface area contributed by atoms with Gasteiger partial charge in [-0.2, -0.15) is 0 Å². The first-order valence-corrected chi connectivity index (χ1v) is 9.72. The van der Waals surface area contributed by atoms with E-state index in [1.165, 1.54) is 26.2 Å². The maximum Gasteiger partial charge on any atom is 0.341 e. The van der Waals surface area contributed by atoms with E-state index >= 15 is 0 Å². The van der Waals surface area contributed by atoms with Crippen LogP contribution in [0.4, 0.5) is 4.79 Å².